The van der Waals surface area contributed by atoms with E-state index in [0.29, 0.717) is 24.3 Å². The Morgan fingerprint density at radius 1 is 0.972 bits per heavy atom. The number of hydrogen-bond donors (Lipinski definition) is 1. The molecule has 0 saturated carbocycles. The van der Waals surface area contributed by atoms with Crippen molar-refractivity contribution >= 4 is 33.8 Å². The molecule has 36 heavy (non-hydrogen) atoms. The molecule has 0 aliphatic carbocycles. The van der Waals surface area contributed by atoms with Crippen LogP contribution in [0.3, 0.4) is 0 Å². The minimum Gasteiger partial charge on any atom is -0.492 e. The summed E-state index contributed by atoms with van der Waals surface area (Å²) in [6.45, 7) is 12.1. The molecule has 188 valence electrons. The number of ketones is 1. The number of imidazole rings is 1. The predicted octanol–water partition coefficient (Wildman–Crippen LogP) is 6.40. The summed E-state index contributed by atoms with van der Waals surface area (Å²) in [4.78, 5) is 13.7. The number of benzene rings is 3. The van der Waals surface area contributed by atoms with Crippen molar-refractivity contribution in [1.82, 2.24) is 9.13 Å². The second kappa shape index (κ2) is 9.40. The Bertz CT molecular complexity index is 1490. The van der Waals surface area contributed by atoms with Crippen molar-refractivity contribution in [3.8, 4) is 5.75 Å². The van der Waals surface area contributed by atoms with E-state index in [2.05, 4.69) is 46.8 Å². The molecule has 1 aromatic heterocycles. The molecule has 0 bridgehead atoms. The van der Waals surface area contributed by atoms with Gasteiger partial charge in [-0.2, -0.15) is 0 Å². The molecule has 1 N–H and O–H groups in total. The standard InChI is InChI=1S/C30H33N3O2.BrH/c1-29(2,3)22-15-21(16-23-27(22)35-19-30(23,4)5)26(34)18-33-25-14-10-9-13-24(25)32(28(33)31)17-20-11-7-6-8-12-20;/h6-16,31H,17-19H2,1-5H3;1H. The molecule has 6 heteroatoms. The molecule has 5 nitrogen and oxygen atoms in total. The molecular weight excluding hydrogens is 514 g/mol. The van der Waals surface area contributed by atoms with Gasteiger partial charge in [0.25, 0.3) is 0 Å². The van der Waals surface area contributed by atoms with E-state index in [9.17, 15) is 4.79 Å². The fourth-order valence-corrected chi connectivity index (χ4v) is 4.95. The van der Waals surface area contributed by atoms with Crippen LogP contribution in [0.4, 0.5) is 0 Å². The first-order valence-corrected chi connectivity index (χ1v) is 12.2. The van der Waals surface area contributed by atoms with Crippen molar-refractivity contribution in [1.29, 1.82) is 5.41 Å². The molecular formula is C30H34BrN3O2. The fourth-order valence-electron chi connectivity index (χ4n) is 4.95. The second-order valence-corrected chi connectivity index (χ2v) is 11.2. The number of nitrogens with one attached hydrogen (secondary N) is 1. The molecule has 1 aliphatic heterocycles. The number of halogens is 1. The van der Waals surface area contributed by atoms with Crippen LogP contribution < -0.4 is 10.4 Å². The maximum Gasteiger partial charge on any atom is 0.203 e. The van der Waals surface area contributed by atoms with Gasteiger partial charge in [0.05, 0.1) is 30.7 Å². The number of rotatable bonds is 5. The van der Waals surface area contributed by atoms with Crippen LogP contribution in [0.1, 0.15) is 61.7 Å². The highest BCUT2D eigenvalue weighted by molar-refractivity contribution is 8.93. The number of nitrogens with zero attached hydrogens (tertiary/aromatic N) is 2. The van der Waals surface area contributed by atoms with Crippen LogP contribution >= 0.6 is 17.0 Å². The molecule has 0 saturated heterocycles. The lowest BCUT2D eigenvalue weighted by Gasteiger charge is -2.24. The third-order valence-corrected chi connectivity index (χ3v) is 6.99. The highest BCUT2D eigenvalue weighted by atomic mass is 79.9. The van der Waals surface area contributed by atoms with E-state index < -0.39 is 0 Å². The zero-order valence-corrected chi connectivity index (χ0v) is 23.3. The minimum atomic E-state index is -0.153. The van der Waals surface area contributed by atoms with Crippen molar-refractivity contribution < 1.29 is 9.53 Å². The number of carbonyl (C=O) groups excluding carboxylic acids is 1. The number of Topliss-reactive ketones (excluding diaryl/α,β-unsaturated/α-hetero) is 1. The third kappa shape index (κ3) is 4.55. The summed E-state index contributed by atoms with van der Waals surface area (Å²) in [5, 5.41) is 8.96. The van der Waals surface area contributed by atoms with E-state index in [1.807, 2.05) is 63.7 Å². The monoisotopic (exact) mass is 547 g/mol. The Morgan fingerprint density at radius 2 is 1.58 bits per heavy atom. The normalized spacial score (nSPS) is 14.2. The summed E-state index contributed by atoms with van der Waals surface area (Å²) in [5.41, 5.74) is 5.82. The van der Waals surface area contributed by atoms with E-state index in [0.717, 1.165) is 33.5 Å². The van der Waals surface area contributed by atoms with Gasteiger partial charge in [0, 0.05) is 22.1 Å². The number of ether oxygens (including phenoxy) is 1. The molecule has 0 radical (unpaired) electrons. The second-order valence-electron chi connectivity index (χ2n) is 11.2. The molecule has 5 rings (SSSR count). The SMILES string of the molecule is Br.CC(C)(C)c1cc(C(=O)Cn2c(=N)n(Cc3ccccc3)c3ccccc32)cc2c1OCC2(C)C. The van der Waals surface area contributed by atoms with Gasteiger partial charge in [-0.05, 0) is 35.2 Å². The van der Waals surface area contributed by atoms with Crippen molar-refractivity contribution in [3.63, 3.8) is 0 Å². The number of aromatic nitrogens is 2. The first-order chi connectivity index (χ1) is 16.6. The molecule has 0 fully saturated rings. The van der Waals surface area contributed by atoms with Gasteiger partial charge in [0.2, 0.25) is 5.62 Å². The first kappa shape index (κ1) is 26.0. The summed E-state index contributed by atoms with van der Waals surface area (Å²) in [7, 11) is 0. The van der Waals surface area contributed by atoms with Gasteiger partial charge in [-0.15, -0.1) is 17.0 Å². The molecule has 2 heterocycles. The van der Waals surface area contributed by atoms with Crippen molar-refractivity contribution in [3.05, 3.63) is 94.6 Å². The predicted molar refractivity (Wildman–Crippen MR) is 150 cm³/mol. The number of hydrogen-bond acceptors (Lipinski definition) is 3. The fraction of sp³-hybridized carbons (Fsp3) is 0.333. The summed E-state index contributed by atoms with van der Waals surface area (Å²) in [5.74, 6) is 0.925. The van der Waals surface area contributed by atoms with E-state index in [1.165, 1.54) is 0 Å². The molecule has 0 amide bonds. The first-order valence-electron chi connectivity index (χ1n) is 12.2. The van der Waals surface area contributed by atoms with Gasteiger partial charge in [0.1, 0.15) is 5.75 Å². The molecule has 1 aliphatic rings. The number of fused-ring (bicyclic) bond motifs is 2. The zero-order chi connectivity index (χ0) is 25.0. The highest BCUT2D eigenvalue weighted by Gasteiger charge is 2.37. The molecule has 0 atom stereocenters. The third-order valence-electron chi connectivity index (χ3n) is 6.99. The van der Waals surface area contributed by atoms with E-state index in [-0.39, 0.29) is 40.1 Å². The van der Waals surface area contributed by atoms with Crippen LogP contribution in [0.5, 0.6) is 5.75 Å². The number of carbonyl (C=O) groups is 1. The topological polar surface area (TPSA) is 60.0 Å². The average molecular weight is 549 g/mol. The van der Waals surface area contributed by atoms with Crippen LogP contribution in [-0.2, 0) is 23.9 Å². The highest BCUT2D eigenvalue weighted by Crippen LogP contribution is 2.45. The molecule has 0 unspecified atom stereocenters. The number of para-hydroxylation sites is 2. The van der Waals surface area contributed by atoms with Crippen LogP contribution in [0.15, 0.2) is 66.7 Å². The summed E-state index contributed by atoms with van der Waals surface area (Å²) < 4.78 is 9.91. The van der Waals surface area contributed by atoms with Crippen molar-refractivity contribution in [2.45, 2.75) is 58.5 Å². The van der Waals surface area contributed by atoms with Crippen LogP contribution in [0.25, 0.3) is 11.0 Å². The van der Waals surface area contributed by atoms with Gasteiger partial charge >= 0.3 is 0 Å². The zero-order valence-electron chi connectivity index (χ0n) is 21.6. The quantitative estimate of drug-likeness (QED) is 0.294. The van der Waals surface area contributed by atoms with Gasteiger partial charge in [-0.25, -0.2) is 0 Å². The van der Waals surface area contributed by atoms with Crippen LogP contribution in [0, 0.1) is 5.41 Å². The largest absolute Gasteiger partial charge is 0.492 e. The van der Waals surface area contributed by atoms with Crippen LogP contribution in [0.2, 0.25) is 0 Å². The Hall–Kier alpha value is -3.12. The Labute approximate surface area is 223 Å². The Morgan fingerprint density at radius 3 is 2.22 bits per heavy atom. The lowest BCUT2D eigenvalue weighted by Crippen LogP contribution is -2.28. The average Bonchev–Trinajstić information content (AvgIpc) is 3.27. The van der Waals surface area contributed by atoms with E-state index in [1.54, 1.807) is 0 Å². The maximum absolute atomic E-state index is 13.7. The molecule has 3 aromatic carbocycles. The van der Waals surface area contributed by atoms with Gasteiger partial charge in [-0.3, -0.25) is 10.2 Å². The van der Waals surface area contributed by atoms with Crippen molar-refractivity contribution in [2.24, 2.45) is 0 Å². The Kier molecular flexibility index (Phi) is 6.78. The minimum absolute atomic E-state index is 0. The van der Waals surface area contributed by atoms with E-state index in [4.69, 9.17) is 10.1 Å². The van der Waals surface area contributed by atoms with Crippen LogP contribution in [-0.4, -0.2) is 21.5 Å². The maximum atomic E-state index is 13.7. The van der Waals surface area contributed by atoms with Gasteiger partial charge in [0.15, 0.2) is 5.78 Å². The van der Waals surface area contributed by atoms with E-state index >= 15 is 0 Å². The summed E-state index contributed by atoms with van der Waals surface area (Å²) in [6, 6.07) is 22.1. The van der Waals surface area contributed by atoms with Gasteiger partial charge in [-0.1, -0.05) is 77.1 Å². The van der Waals surface area contributed by atoms with Crippen molar-refractivity contribution in [2.75, 3.05) is 6.61 Å². The van der Waals surface area contributed by atoms with Gasteiger partial charge < -0.3 is 13.9 Å². The lowest BCUT2D eigenvalue weighted by atomic mass is 9.79. The Balaban J connectivity index is 0.00000304. The molecule has 0 spiro atoms. The molecule has 4 aromatic rings. The lowest BCUT2D eigenvalue weighted by molar-refractivity contribution is 0.0971. The smallest absolute Gasteiger partial charge is 0.203 e. The summed E-state index contributed by atoms with van der Waals surface area (Å²) in [6.07, 6.45) is 0. The summed E-state index contributed by atoms with van der Waals surface area (Å²) >= 11 is 0.